The van der Waals surface area contributed by atoms with Crippen LogP contribution in [0.3, 0.4) is 0 Å². The molecule has 0 radical (unpaired) electrons. The van der Waals surface area contributed by atoms with Gasteiger partial charge < -0.3 is 15.1 Å². The first kappa shape index (κ1) is 15.5. The lowest BCUT2D eigenvalue weighted by Gasteiger charge is -2.39. The highest BCUT2D eigenvalue weighted by Crippen LogP contribution is 2.29. The Morgan fingerprint density at radius 2 is 1.95 bits per heavy atom. The van der Waals surface area contributed by atoms with Gasteiger partial charge in [-0.3, -0.25) is 14.3 Å². The summed E-state index contributed by atoms with van der Waals surface area (Å²) in [6.45, 7) is 1.62. The van der Waals surface area contributed by atoms with Crippen LogP contribution in [-0.4, -0.2) is 72.2 Å². The number of piperidine rings is 1. The fraction of sp³-hybridized carbons (Fsp3) is 0.643. The minimum atomic E-state index is -0.684. The van der Waals surface area contributed by atoms with Crippen LogP contribution in [0.1, 0.15) is 12.8 Å². The standard InChI is InChI=1S/C14H23N5O2/c1-17(2)12(20)11-18(3)13(21)14(5-8-15-9-6-14)19-10-4-7-16-19/h4,7,10,15H,5-6,8-9,11H2,1-3H3. The Kier molecular flexibility index (Phi) is 4.62. The van der Waals surface area contributed by atoms with Gasteiger partial charge in [0.05, 0.1) is 6.54 Å². The molecule has 1 aromatic heterocycles. The van der Waals surface area contributed by atoms with E-state index in [0.717, 1.165) is 13.1 Å². The van der Waals surface area contributed by atoms with Crippen molar-refractivity contribution >= 4 is 11.8 Å². The summed E-state index contributed by atoms with van der Waals surface area (Å²) in [4.78, 5) is 27.8. The lowest BCUT2D eigenvalue weighted by atomic mass is 9.87. The van der Waals surface area contributed by atoms with E-state index in [1.54, 1.807) is 32.0 Å². The molecule has 1 fully saturated rings. The number of carbonyl (C=O) groups excluding carboxylic acids is 2. The van der Waals surface area contributed by atoms with Crippen molar-refractivity contribution in [3.05, 3.63) is 18.5 Å². The number of hydrogen-bond acceptors (Lipinski definition) is 4. The zero-order valence-corrected chi connectivity index (χ0v) is 12.9. The second-order valence-electron chi connectivity index (χ2n) is 5.68. The molecule has 0 spiro atoms. The molecule has 7 nitrogen and oxygen atoms in total. The van der Waals surface area contributed by atoms with E-state index in [-0.39, 0.29) is 18.4 Å². The quantitative estimate of drug-likeness (QED) is 0.813. The molecule has 21 heavy (non-hydrogen) atoms. The Morgan fingerprint density at radius 3 is 2.48 bits per heavy atom. The Balaban J connectivity index is 2.21. The van der Waals surface area contributed by atoms with Crippen LogP contribution in [0.25, 0.3) is 0 Å². The van der Waals surface area contributed by atoms with Crippen LogP contribution in [-0.2, 0) is 15.1 Å². The van der Waals surface area contributed by atoms with Gasteiger partial charge in [0.2, 0.25) is 5.91 Å². The molecule has 0 unspecified atom stereocenters. The van der Waals surface area contributed by atoms with E-state index < -0.39 is 5.54 Å². The molecule has 116 valence electrons. The van der Waals surface area contributed by atoms with E-state index in [0.29, 0.717) is 12.8 Å². The number of nitrogens with zero attached hydrogens (tertiary/aromatic N) is 4. The summed E-state index contributed by atoms with van der Waals surface area (Å²) in [5.41, 5.74) is -0.684. The monoisotopic (exact) mass is 293 g/mol. The average molecular weight is 293 g/mol. The summed E-state index contributed by atoms with van der Waals surface area (Å²) in [6.07, 6.45) is 4.86. The third kappa shape index (κ3) is 3.07. The highest BCUT2D eigenvalue weighted by molar-refractivity contribution is 5.88. The van der Waals surface area contributed by atoms with Crippen LogP contribution in [0.4, 0.5) is 0 Å². The maximum Gasteiger partial charge on any atom is 0.250 e. The van der Waals surface area contributed by atoms with Crippen molar-refractivity contribution in [2.24, 2.45) is 0 Å². The van der Waals surface area contributed by atoms with Crippen LogP contribution in [0.5, 0.6) is 0 Å². The molecule has 1 aliphatic heterocycles. The van der Waals surface area contributed by atoms with E-state index in [4.69, 9.17) is 0 Å². The van der Waals surface area contributed by atoms with Crippen LogP contribution in [0.2, 0.25) is 0 Å². The molecule has 1 saturated heterocycles. The molecule has 0 saturated carbocycles. The fourth-order valence-electron chi connectivity index (χ4n) is 2.67. The molecule has 0 bridgehead atoms. The third-order valence-electron chi connectivity index (χ3n) is 3.99. The van der Waals surface area contributed by atoms with Crippen molar-refractivity contribution in [1.29, 1.82) is 0 Å². The van der Waals surface area contributed by atoms with Gasteiger partial charge in [-0.25, -0.2) is 0 Å². The molecule has 2 rings (SSSR count). The first-order valence-corrected chi connectivity index (χ1v) is 7.14. The molecule has 2 amide bonds. The smallest absolute Gasteiger partial charge is 0.250 e. The van der Waals surface area contributed by atoms with Crippen molar-refractivity contribution in [2.75, 3.05) is 40.8 Å². The van der Waals surface area contributed by atoms with E-state index in [9.17, 15) is 9.59 Å². The first-order chi connectivity index (χ1) is 9.97. The highest BCUT2D eigenvalue weighted by Gasteiger charge is 2.43. The van der Waals surface area contributed by atoms with Crippen molar-refractivity contribution < 1.29 is 9.59 Å². The number of amides is 2. The molecule has 1 aliphatic rings. The number of likely N-dealkylation sites (N-methyl/N-ethyl adjacent to an activating group) is 2. The van der Waals surface area contributed by atoms with Gasteiger partial charge in [-0.1, -0.05) is 0 Å². The Bertz CT molecular complexity index is 491. The number of aromatic nitrogens is 2. The topological polar surface area (TPSA) is 70.5 Å². The van der Waals surface area contributed by atoms with Gasteiger partial charge in [0.15, 0.2) is 0 Å². The molecular weight excluding hydrogens is 270 g/mol. The van der Waals surface area contributed by atoms with Crippen molar-refractivity contribution in [2.45, 2.75) is 18.4 Å². The Labute approximate surface area is 124 Å². The Hall–Kier alpha value is -1.89. The van der Waals surface area contributed by atoms with E-state index in [2.05, 4.69) is 10.4 Å². The van der Waals surface area contributed by atoms with Gasteiger partial charge in [0.25, 0.3) is 5.91 Å². The predicted octanol–water partition coefficient (Wildman–Crippen LogP) is -0.492. The molecule has 2 heterocycles. The molecule has 0 aliphatic carbocycles. The lowest BCUT2D eigenvalue weighted by Crippen LogP contribution is -2.56. The molecule has 1 N–H and O–H groups in total. The fourth-order valence-corrected chi connectivity index (χ4v) is 2.67. The molecule has 7 heteroatoms. The van der Waals surface area contributed by atoms with E-state index in [1.165, 1.54) is 9.80 Å². The van der Waals surface area contributed by atoms with Crippen LogP contribution in [0.15, 0.2) is 18.5 Å². The predicted molar refractivity (Wildman–Crippen MR) is 78.6 cm³/mol. The van der Waals surface area contributed by atoms with Gasteiger partial charge in [-0.2, -0.15) is 5.10 Å². The number of hydrogen-bond donors (Lipinski definition) is 1. The largest absolute Gasteiger partial charge is 0.347 e. The number of rotatable bonds is 4. The minimum Gasteiger partial charge on any atom is -0.347 e. The molecule has 0 aromatic carbocycles. The normalized spacial score (nSPS) is 17.3. The van der Waals surface area contributed by atoms with E-state index in [1.807, 2.05) is 12.3 Å². The second kappa shape index (κ2) is 6.26. The average Bonchev–Trinajstić information content (AvgIpc) is 3.01. The van der Waals surface area contributed by atoms with E-state index >= 15 is 0 Å². The minimum absolute atomic E-state index is 0.0529. The van der Waals surface area contributed by atoms with Crippen LogP contribution in [0, 0.1) is 0 Å². The van der Waals surface area contributed by atoms with Crippen molar-refractivity contribution in [1.82, 2.24) is 24.9 Å². The highest BCUT2D eigenvalue weighted by atomic mass is 16.2. The van der Waals surface area contributed by atoms with Gasteiger partial charge in [0.1, 0.15) is 5.54 Å². The first-order valence-electron chi connectivity index (χ1n) is 7.14. The summed E-state index contributed by atoms with van der Waals surface area (Å²) in [5, 5.41) is 7.54. The van der Waals surface area contributed by atoms with Gasteiger partial charge in [0, 0.05) is 33.5 Å². The molecule has 1 aromatic rings. The van der Waals surface area contributed by atoms with Crippen LogP contribution < -0.4 is 5.32 Å². The SMILES string of the molecule is CN(C)C(=O)CN(C)C(=O)C1(n2cccn2)CCNCC1. The van der Waals surface area contributed by atoms with Gasteiger partial charge in [-0.05, 0) is 32.0 Å². The zero-order valence-electron chi connectivity index (χ0n) is 12.9. The summed E-state index contributed by atoms with van der Waals surface area (Å²) in [5.74, 6) is -0.140. The molecular formula is C14H23N5O2. The maximum atomic E-state index is 12.9. The number of carbonyl (C=O) groups is 2. The van der Waals surface area contributed by atoms with Gasteiger partial charge >= 0.3 is 0 Å². The summed E-state index contributed by atoms with van der Waals surface area (Å²) in [6, 6.07) is 1.82. The van der Waals surface area contributed by atoms with Crippen molar-refractivity contribution in [3.63, 3.8) is 0 Å². The van der Waals surface area contributed by atoms with Crippen LogP contribution >= 0.6 is 0 Å². The summed E-state index contributed by atoms with van der Waals surface area (Å²) < 4.78 is 1.74. The summed E-state index contributed by atoms with van der Waals surface area (Å²) in [7, 11) is 5.06. The lowest BCUT2D eigenvalue weighted by molar-refractivity contribution is -0.146. The third-order valence-corrected chi connectivity index (χ3v) is 3.99. The van der Waals surface area contributed by atoms with Gasteiger partial charge in [-0.15, -0.1) is 0 Å². The summed E-state index contributed by atoms with van der Waals surface area (Å²) >= 11 is 0. The Morgan fingerprint density at radius 1 is 1.29 bits per heavy atom. The second-order valence-corrected chi connectivity index (χ2v) is 5.68. The number of nitrogens with one attached hydrogen (secondary N) is 1. The molecule has 0 atom stereocenters. The van der Waals surface area contributed by atoms with Crippen molar-refractivity contribution in [3.8, 4) is 0 Å². The maximum absolute atomic E-state index is 12.9. The zero-order chi connectivity index (χ0) is 15.5.